The summed E-state index contributed by atoms with van der Waals surface area (Å²) < 4.78 is 15.0. The number of thioether (sulfide) groups is 1. The van der Waals surface area contributed by atoms with Crippen LogP contribution in [0.4, 0.5) is 10.1 Å². The Balaban J connectivity index is 1.56. The van der Waals surface area contributed by atoms with E-state index in [9.17, 15) is 14.3 Å². The number of halogens is 1. The van der Waals surface area contributed by atoms with Gasteiger partial charge in [0.05, 0.1) is 11.4 Å². The summed E-state index contributed by atoms with van der Waals surface area (Å²) in [6.45, 7) is 0. The van der Waals surface area contributed by atoms with Crippen LogP contribution in [0.3, 0.4) is 0 Å². The number of rotatable bonds is 6. The van der Waals surface area contributed by atoms with Crippen LogP contribution in [0, 0.1) is 5.82 Å². The van der Waals surface area contributed by atoms with Gasteiger partial charge in [0.2, 0.25) is 11.1 Å². The fraction of sp³-hybridized carbons (Fsp3) is 0.125. The average molecular weight is 359 g/mol. The van der Waals surface area contributed by atoms with Crippen LogP contribution in [0.2, 0.25) is 0 Å². The lowest BCUT2D eigenvalue weighted by Crippen LogP contribution is -2.13. The zero-order valence-electron chi connectivity index (χ0n) is 13.0. The maximum absolute atomic E-state index is 13.5. The molecule has 1 amide bonds. The molecule has 0 radical (unpaired) electrons. The molecule has 3 rings (SSSR count). The lowest BCUT2D eigenvalue weighted by atomic mass is 10.3. The topological polar surface area (TPSA) is 92.9 Å². The first-order chi connectivity index (χ1) is 12.1. The highest BCUT2D eigenvalue weighted by atomic mass is 32.2. The molecule has 0 bridgehead atoms. The number of tetrazole rings is 1. The maximum Gasteiger partial charge on any atom is 0.225 e. The first kappa shape index (κ1) is 16.9. The fourth-order valence-corrected chi connectivity index (χ4v) is 2.86. The van der Waals surface area contributed by atoms with Crippen molar-refractivity contribution in [3.8, 4) is 11.4 Å². The number of hydrogen-bond donors (Lipinski definition) is 2. The number of carbonyl (C=O) groups excluding carboxylic acids is 1. The van der Waals surface area contributed by atoms with E-state index in [1.54, 1.807) is 24.3 Å². The van der Waals surface area contributed by atoms with Gasteiger partial charge in [-0.3, -0.25) is 4.79 Å². The quantitative estimate of drug-likeness (QED) is 0.657. The highest BCUT2D eigenvalue weighted by molar-refractivity contribution is 7.99. The number of para-hydroxylation sites is 1. The molecular formula is C16H14FN5O2S. The summed E-state index contributed by atoms with van der Waals surface area (Å²) in [5.41, 5.74) is 0.854. The normalized spacial score (nSPS) is 10.6. The van der Waals surface area contributed by atoms with E-state index < -0.39 is 5.82 Å². The molecule has 2 N–H and O–H groups in total. The number of benzene rings is 2. The number of carbonyl (C=O) groups is 1. The monoisotopic (exact) mass is 359 g/mol. The lowest BCUT2D eigenvalue weighted by Gasteiger charge is -2.06. The third-order valence-corrected chi connectivity index (χ3v) is 4.16. The second kappa shape index (κ2) is 7.75. The minimum atomic E-state index is -0.472. The van der Waals surface area contributed by atoms with Crippen LogP contribution in [0.25, 0.3) is 5.69 Å². The zero-order chi connectivity index (χ0) is 17.6. The van der Waals surface area contributed by atoms with Gasteiger partial charge in [0.15, 0.2) is 0 Å². The second-order valence-electron chi connectivity index (χ2n) is 5.02. The van der Waals surface area contributed by atoms with Gasteiger partial charge in [-0.2, -0.15) is 4.68 Å². The number of aromatic hydroxyl groups is 1. The van der Waals surface area contributed by atoms with Crippen molar-refractivity contribution in [2.75, 3.05) is 11.1 Å². The Morgan fingerprint density at radius 1 is 1.20 bits per heavy atom. The lowest BCUT2D eigenvalue weighted by molar-refractivity contribution is -0.115. The van der Waals surface area contributed by atoms with Crippen molar-refractivity contribution in [2.45, 2.75) is 11.6 Å². The molecule has 0 unspecified atom stereocenters. The Bertz CT molecular complexity index is 869. The van der Waals surface area contributed by atoms with Crippen molar-refractivity contribution in [3.63, 3.8) is 0 Å². The van der Waals surface area contributed by atoms with Crippen LogP contribution in [0.15, 0.2) is 53.7 Å². The molecule has 0 saturated heterocycles. The summed E-state index contributed by atoms with van der Waals surface area (Å²) in [7, 11) is 0. The van der Waals surface area contributed by atoms with Gasteiger partial charge in [-0.25, -0.2) is 4.39 Å². The summed E-state index contributed by atoms with van der Waals surface area (Å²) in [5, 5.41) is 23.8. The molecule has 1 heterocycles. The Labute approximate surface area is 146 Å². The van der Waals surface area contributed by atoms with Crippen molar-refractivity contribution >= 4 is 23.4 Å². The largest absolute Gasteiger partial charge is 0.508 e. The predicted octanol–water partition coefficient (Wildman–Crippen LogP) is 2.63. The van der Waals surface area contributed by atoms with Crippen molar-refractivity contribution in [3.05, 3.63) is 54.3 Å². The summed E-state index contributed by atoms with van der Waals surface area (Å²) in [6, 6.07) is 12.4. The SMILES string of the molecule is O=C(CCSc1nnnn1-c1ccc(O)cc1)Nc1ccccc1F. The summed E-state index contributed by atoms with van der Waals surface area (Å²) in [4.78, 5) is 11.9. The third kappa shape index (κ3) is 4.32. The molecule has 0 atom stereocenters. The highest BCUT2D eigenvalue weighted by Gasteiger charge is 2.11. The van der Waals surface area contributed by atoms with Crippen molar-refractivity contribution in [1.29, 1.82) is 0 Å². The van der Waals surface area contributed by atoms with Gasteiger partial charge < -0.3 is 10.4 Å². The van der Waals surface area contributed by atoms with E-state index in [0.717, 1.165) is 0 Å². The first-order valence-electron chi connectivity index (χ1n) is 7.38. The van der Waals surface area contributed by atoms with Gasteiger partial charge in [0.25, 0.3) is 0 Å². The van der Waals surface area contributed by atoms with E-state index in [-0.39, 0.29) is 23.8 Å². The number of phenols is 1. The third-order valence-electron chi connectivity index (χ3n) is 3.24. The first-order valence-corrected chi connectivity index (χ1v) is 8.37. The van der Waals surface area contributed by atoms with Gasteiger partial charge in [-0.05, 0) is 46.8 Å². The van der Waals surface area contributed by atoms with Gasteiger partial charge in [0, 0.05) is 12.2 Å². The molecular weight excluding hydrogens is 345 g/mol. The van der Waals surface area contributed by atoms with Crippen molar-refractivity contribution in [2.24, 2.45) is 0 Å². The Kier molecular flexibility index (Phi) is 5.24. The molecule has 0 aliphatic heterocycles. The van der Waals surface area contributed by atoms with E-state index in [0.29, 0.717) is 16.6 Å². The predicted molar refractivity (Wildman–Crippen MR) is 91.2 cm³/mol. The van der Waals surface area contributed by atoms with E-state index in [4.69, 9.17) is 0 Å². The molecule has 25 heavy (non-hydrogen) atoms. The van der Waals surface area contributed by atoms with Crippen LogP contribution in [-0.2, 0) is 4.79 Å². The Morgan fingerprint density at radius 2 is 1.96 bits per heavy atom. The van der Waals surface area contributed by atoms with E-state index >= 15 is 0 Å². The average Bonchev–Trinajstić information content (AvgIpc) is 3.06. The molecule has 0 saturated carbocycles. The van der Waals surface area contributed by atoms with Gasteiger partial charge in [-0.15, -0.1) is 5.10 Å². The molecule has 7 nitrogen and oxygen atoms in total. The van der Waals surface area contributed by atoms with Crippen molar-refractivity contribution < 1.29 is 14.3 Å². The Morgan fingerprint density at radius 3 is 2.72 bits per heavy atom. The van der Waals surface area contributed by atoms with Gasteiger partial charge >= 0.3 is 0 Å². The summed E-state index contributed by atoms with van der Waals surface area (Å²) in [6.07, 6.45) is 0.182. The smallest absolute Gasteiger partial charge is 0.225 e. The standard InChI is InChI=1S/C16H14FN5O2S/c17-13-3-1-2-4-14(13)18-15(24)9-10-25-16-19-20-21-22(16)11-5-7-12(23)8-6-11/h1-8,23H,9-10H2,(H,18,24). The van der Waals surface area contributed by atoms with Crippen LogP contribution in [-0.4, -0.2) is 37.0 Å². The molecule has 0 aliphatic carbocycles. The van der Waals surface area contributed by atoms with Crippen LogP contribution in [0.1, 0.15) is 6.42 Å². The minimum absolute atomic E-state index is 0.149. The van der Waals surface area contributed by atoms with E-state index in [2.05, 4.69) is 20.8 Å². The molecule has 2 aromatic carbocycles. The maximum atomic E-state index is 13.5. The van der Waals surface area contributed by atoms with Crippen LogP contribution in [0.5, 0.6) is 5.75 Å². The van der Waals surface area contributed by atoms with Crippen LogP contribution < -0.4 is 5.32 Å². The van der Waals surface area contributed by atoms with E-state index in [1.165, 1.54) is 40.7 Å². The summed E-state index contributed by atoms with van der Waals surface area (Å²) >= 11 is 1.31. The Hall–Kier alpha value is -2.94. The number of nitrogens with one attached hydrogen (secondary N) is 1. The number of nitrogens with zero attached hydrogens (tertiary/aromatic N) is 4. The van der Waals surface area contributed by atoms with Crippen LogP contribution >= 0.6 is 11.8 Å². The van der Waals surface area contributed by atoms with E-state index in [1.807, 2.05) is 0 Å². The number of hydrogen-bond acceptors (Lipinski definition) is 6. The van der Waals surface area contributed by atoms with Gasteiger partial charge in [-0.1, -0.05) is 23.9 Å². The number of phenolic OH excluding ortho intramolecular Hbond substituents is 1. The number of anilines is 1. The molecule has 1 aromatic heterocycles. The molecule has 9 heteroatoms. The fourth-order valence-electron chi connectivity index (χ4n) is 2.04. The molecule has 0 aliphatic rings. The second-order valence-corrected chi connectivity index (χ2v) is 6.08. The van der Waals surface area contributed by atoms with Crippen molar-refractivity contribution in [1.82, 2.24) is 20.2 Å². The number of aromatic nitrogens is 4. The summed E-state index contributed by atoms with van der Waals surface area (Å²) in [5.74, 6) is -0.185. The molecule has 0 fully saturated rings. The zero-order valence-corrected chi connectivity index (χ0v) is 13.8. The highest BCUT2D eigenvalue weighted by Crippen LogP contribution is 2.21. The molecule has 3 aromatic rings. The number of amides is 1. The minimum Gasteiger partial charge on any atom is -0.508 e. The molecule has 128 valence electrons. The van der Waals surface area contributed by atoms with Gasteiger partial charge in [0.1, 0.15) is 11.6 Å². The molecule has 0 spiro atoms.